The van der Waals surface area contributed by atoms with Crippen molar-refractivity contribution in [1.82, 2.24) is 9.55 Å². The zero-order chi connectivity index (χ0) is 10.3. The van der Waals surface area contributed by atoms with Gasteiger partial charge in [0.2, 0.25) is 0 Å². The van der Waals surface area contributed by atoms with E-state index in [1.54, 1.807) is 0 Å². The lowest BCUT2D eigenvalue weighted by atomic mass is 10.2. The van der Waals surface area contributed by atoms with E-state index in [-0.39, 0.29) is 0 Å². The maximum Gasteiger partial charge on any atom is 0.141 e. The molecule has 2 heterocycles. The second-order valence-corrected chi connectivity index (χ2v) is 5.49. The van der Waals surface area contributed by atoms with Crippen LogP contribution in [0.25, 0.3) is 11.4 Å². The van der Waals surface area contributed by atoms with Crippen LogP contribution in [-0.4, -0.2) is 15.3 Å². The van der Waals surface area contributed by atoms with Gasteiger partial charge in [0.1, 0.15) is 5.82 Å². The highest BCUT2D eigenvalue weighted by Crippen LogP contribution is 2.35. The number of halogens is 1. The standard InChI is InChI=1S/C11H9BrN2S/c12-8-1-2-9-10(7-8)15-6-5-14-4-3-13-11(9)14/h1-4,7H,5-6H2. The predicted octanol–water partition coefficient (Wildman–Crippen LogP) is 3.42. The molecule has 0 unspecified atom stereocenters. The second kappa shape index (κ2) is 3.68. The summed E-state index contributed by atoms with van der Waals surface area (Å²) in [5.41, 5.74) is 1.24. The summed E-state index contributed by atoms with van der Waals surface area (Å²) >= 11 is 5.40. The molecule has 15 heavy (non-hydrogen) atoms. The van der Waals surface area contributed by atoms with Crippen molar-refractivity contribution in [2.24, 2.45) is 0 Å². The van der Waals surface area contributed by atoms with Crippen LogP contribution in [0, 0.1) is 0 Å². The minimum absolute atomic E-state index is 1.03. The number of fused-ring (bicyclic) bond motifs is 3. The minimum atomic E-state index is 1.03. The van der Waals surface area contributed by atoms with E-state index in [0.717, 1.165) is 22.6 Å². The smallest absolute Gasteiger partial charge is 0.141 e. The molecule has 0 atom stereocenters. The van der Waals surface area contributed by atoms with Crippen molar-refractivity contribution >= 4 is 27.7 Å². The van der Waals surface area contributed by atoms with Crippen LogP contribution in [0.5, 0.6) is 0 Å². The van der Waals surface area contributed by atoms with Crippen molar-refractivity contribution in [3.63, 3.8) is 0 Å². The Kier molecular flexibility index (Phi) is 2.33. The molecule has 3 rings (SSSR count). The summed E-state index contributed by atoms with van der Waals surface area (Å²) in [6, 6.07) is 6.38. The van der Waals surface area contributed by atoms with Crippen molar-refractivity contribution in [2.75, 3.05) is 5.75 Å². The van der Waals surface area contributed by atoms with Crippen LogP contribution in [0.1, 0.15) is 0 Å². The minimum Gasteiger partial charge on any atom is -0.330 e. The van der Waals surface area contributed by atoms with Crippen LogP contribution in [0.3, 0.4) is 0 Å². The van der Waals surface area contributed by atoms with Gasteiger partial charge in [-0.05, 0) is 18.2 Å². The first kappa shape index (κ1) is 9.48. The molecular weight excluding hydrogens is 272 g/mol. The lowest BCUT2D eigenvalue weighted by molar-refractivity contribution is 0.783. The Bertz CT molecular complexity index is 507. The van der Waals surface area contributed by atoms with Crippen LogP contribution in [0.2, 0.25) is 0 Å². The SMILES string of the molecule is Brc1ccc2c(c1)SCCn1ccnc1-2. The van der Waals surface area contributed by atoms with Gasteiger partial charge >= 0.3 is 0 Å². The number of imidazole rings is 1. The maximum atomic E-state index is 4.42. The predicted molar refractivity (Wildman–Crippen MR) is 66.1 cm³/mol. The molecule has 0 spiro atoms. The van der Waals surface area contributed by atoms with E-state index >= 15 is 0 Å². The van der Waals surface area contributed by atoms with Crippen LogP contribution in [0.4, 0.5) is 0 Å². The molecular formula is C11H9BrN2S. The number of aryl methyl sites for hydroxylation is 1. The Balaban J connectivity index is 2.25. The van der Waals surface area contributed by atoms with Gasteiger partial charge in [0, 0.05) is 39.6 Å². The summed E-state index contributed by atoms with van der Waals surface area (Å²) < 4.78 is 3.35. The number of hydrogen-bond donors (Lipinski definition) is 0. The van der Waals surface area contributed by atoms with E-state index in [0.29, 0.717) is 0 Å². The van der Waals surface area contributed by atoms with Crippen LogP contribution in [0.15, 0.2) is 40.0 Å². The third-order valence-corrected chi connectivity index (χ3v) is 4.02. The van der Waals surface area contributed by atoms with Gasteiger partial charge in [-0.2, -0.15) is 0 Å². The molecule has 2 nitrogen and oxygen atoms in total. The fraction of sp³-hybridized carbons (Fsp3) is 0.182. The van der Waals surface area contributed by atoms with Crippen LogP contribution < -0.4 is 0 Å². The molecule has 0 fully saturated rings. The number of benzene rings is 1. The largest absolute Gasteiger partial charge is 0.330 e. The highest BCUT2D eigenvalue weighted by Gasteiger charge is 2.15. The summed E-state index contributed by atoms with van der Waals surface area (Å²) in [4.78, 5) is 5.74. The van der Waals surface area contributed by atoms with Gasteiger partial charge in [-0.1, -0.05) is 15.9 Å². The highest BCUT2D eigenvalue weighted by molar-refractivity contribution is 9.10. The topological polar surface area (TPSA) is 17.8 Å². The zero-order valence-corrected chi connectivity index (χ0v) is 10.4. The Labute approximate surface area is 101 Å². The van der Waals surface area contributed by atoms with Crippen molar-refractivity contribution in [3.05, 3.63) is 35.1 Å². The Hall–Kier alpha value is -0.740. The zero-order valence-electron chi connectivity index (χ0n) is 7.98. The molecule has 1 aliphatic rings. The van der Waals surface area contributed by atoms with Crippen molar-refractivity contribution in [3.8, 4) is 11.4 Å². The molecule has 1 aromatic carbocycles. The van der Waals surface area contributed by atoms with Crippen molar-refractivity contribution in [1.29, 1.82) is 0 Å². The van der Waals surface area contributed by atoms with Gasteiger partial charge < -0.3 is 4.57 Å². The summed E-state index contributed by atoms with van der Waals surface area (Å²) in [5, 5.41) is 0. The molecule has 76 valence electrons. The fourth-order valence-corrected chi connectivity index (χ4v) is 3.33. The van der Waals surface area contributed by atoms with Gasteiger partial charge in [0.05, 0.1) is 0 Å². The number of nitrogens with zero attached hydrogens (tertiary/aromatic N) is 2. The van der Waals surface area contributed by atoms with Crippen molar-refractivity contribution < 1.29 is 0 Å². The molecule has 2 aromatic rings. The summed E-state index contributed by atoms with van der Waals surface area (Å²) in [6.07, 6.45) is 3.92. The number of aromatic nitrogens is 2. The van der Waals surface area contributed by atoms with Gasteiger partial charge in [-0.3, -0.25) is 0 Å². The summed E-state index contributed by atoms with van der Waals surface area (Å²) in [7, 11) is 0. The van der Waals surface area contributed by atoms with Gasteiger partial charge in [0.15, 0.2) is 0 Å². The summed E-state index contributed by atoms with van der Waals surface area (Å²) in [6.45, 7) is 1.03. The average Bonchev–Trinajstić information content (AvgIpc) is 2.61. The first-order chi connectivity index (χ1) is 7.34. The quantitative estimate of drug-likeness (QED) is 0.736. The third-order valence-electron chi connectivity index (χ3n) is 2.49. The lowest BCUT2D eigenvalue weighted by Gasteiger charge is -2.04. The van der Waals surface area contributed by atoms with E-state index in [2.05, 4.69) is 43.7 Å². The van der Waals surface area contributed by atoms with E-state index in [9.17, 15) is 0 Å². The molecule has 0 radical (unpaired) electrons. The van der Waals surface area contributed by atoms with Gasteiger partial charge in [-0.15, -0.1) is 11.8 Å². The first-order valence-electron chi connectivity index (χ1n) is 4.78. The molecule has 1 aliphatic heterocycles. The Morgan fingerprint density at radius 3 is 3.27 bits per heavy atom. The highest BCUT2D eigenvalue weighted by atomic mass is 79.9. The van der Waals surface area contributed by atoms with Crippen molar-refractivity contribution in [2.45, 2.75) is 11.4 Å². The number of hydrogen-bond acceptors (Lipinski definition) is 2. The van der Waals surface area contributed by atoms with Crippen LogP contribution >= 0.6 is 27.7 Å². The van der Waals surface area contributed by atoms with Gasteiger partial charge in [-0.25, -0.2) is 4.98 Å². The van der Waals surface area contributed by atoms with E-state index in [4.69, 9.17) is 0 Å². The monoisotopic (exact) mass is 280 g/mol. The summed E-state index contributed by atoms with van der Waals surface area (Å²) in [5.74, 6) is 2.19. The fourth-order valence-electron chi connectivity index (χ4n) is 1.79. The number of thioether (sulfide) groups is 1. The molecule has 4 heteroatoms. The average molecular weight is 281 g/mol. The lowest BCUT2D eigenvalue weighted by Crippen LogP contribution is -1.98. The number of rotatable bonds is 0. The normalized spacial score (nSPS) is 14.2. The molecule has 0 amide bonds. The first-order valence-corrected chi connectivity index (χ1v) is 6.56. The van der Waals surface area contributed by atoms with E-state index in [1.165, 1.54) is 10.5 Å². The third kappa shape index (κ3) is 1.62. The molecule has 1 aromatic heterocycles. The molecule has 0 aliphatic carbocycles. The van der Waals surface area contributed by atoms with E-state index < -0.39 is 0 Å². The molecule has 0 bridgehead atoms. The molecule has 0 saturated carbocycles. The van der Waals surface area contributed by atoms with Gasteiger partial charge in [0.25, 0.3) is 0 Å². The molecule has 0 N–H and O–H groups in total. The van der Waals surface area contributed by atoms with E-state index in [1.807, 2.05) is 24.2 Å². The van der Waals surface area contributed by atoms with Crippen LogP contribution in [-0.2, 0) is 6.54 Å². The maximum absolute atomic E-state index is 4.42. The molecule has 0 saturated heterocycles. The Morgan fingerprint density at radius 2 is 2.33 bits per heavy atom. The Morgan fingerprint density at radius 1 is 1.40 bits per heavy atom. The second-order valence-electron chi connectivity index (χ2n) is 3.43.